The van der Waals surface area contributed by atoms with E-state index >= 15 is 0 Å². The fourth-order valence-corrected chi connectivity index (χ4v) is 4.30. The number of nitrogens with zero attached hydrogens (tertiary/aromatic N) is 4. The molecule has 1 aromatic heterocycles. The minimum absolute atomic E-state index is 0.102. The normalized spacial score (nSPS) is 13.9. The molecule has 2 heterocycles. The number of para-hydroxylation sites is 1. The van der Waals surface area contributed by atoms with Crippen molar-refractivity contribution < 1.29 is 14.3 Å². The van der Waals surface area contributed by atoms with Gasteiger partial charge in [0.25, 0.3) is 11.5 Å². The molecule has 182 valence electrons. The molecule has 1 aliphatic rings. The third-order valence-electron chi connectivity index (χ3n) is 5.78. The molecule has 0 aliphatic carbocycles. The quantitative estimate of drug-likeness (QED) is 0.342. The average Bonchev–Trinajstić information content (AvgIpc) is 2.92. The number of morpholine rings is 1. The lowest BCUT2D eigenvalue weighted by Gasteiger charge is -2.26. The number of carbonyl (C=O) groups excluding carboxylic acids is 1. The van der Waals surface area contributed by atoms with E-state index < -0.39 is 0 Å². The molecule has 0 atom stereocenters. The van der Waals surface area contributed by atoms with Gasteiger partial charge in [-0.1, -0.05) is 58.4 Å². The molecule has 0 radical (unpaired) electrons. The van der Waals surface area contributed by atoms with E-state index in [1.807, 2.05) is 54.6 Å². The highest BCUT2D eigenvalue weighted by Gasteiger charge is 2.18. The van der Waals surface area contributed by atoms with E-state index in [-0.39, 0.29) is 18.1 Å². The van der Waals surface area contributed by atoms with Gasteiger partial charge in [-0.3, -0.25) is 9.59 Å². The molecule has 5 rings (SSSR count). The Morgan fingerprint density at radius 2 is 1.81 bits per heavy atom. The molecule has 1 saturated heterocycles. The van der Waals surface area contributed by atoms with Crippen LogP contribution in [0.3, 0.4) is 0 Å². The monoisotopic (exact) mass is 546 g/mol. The van der Waals surface area contributed by atoms with E-state index in [4.69, 9.17) is 14.5 Å². The molecule has 0 bridgehead atoms. The van der Waals surface area contributed by atoms with Crippen molar-refractivity contribution >= 4 is 39.0 Å². The summed E-state index contributed by atoms with van der Waals surface area (Å²) in [7, 11) is 0. The molecule has 1 amide bonds. The number of amides is 1. The van der Waals surface area contributed by atoms with Crippen LogP contribution in [-0.2, 0) is 9.53 Å². The molecule has 3 aromatic carbocycles. The van der Waals surface area contributed by atoms with Gasteiger partial charge in [0, 0.05) is 28.7 Å². The highest BCUT2D eigenvalue weighted by molar-refractivity contribution is 9.10. The smallest absolute Gasteiger partial charge is 0.282 e. The van der Waals surface area contributed by atoms with E-state index in [1.165, 1.54) is 4.68 Å². The second-order valence-corrected chi connectivity index (χ2v) is 9.06. The summed E-state index contributed by atoms with van der Waals surface area (Å²) < 4.78 is 13.3. The van der Waals surface area contributed by atoms with Crippen LogP contribution in [0.15, 0.2) is 87.2 Å². The van der Waals surface area contributed by atoms with Crippen LogP contribution in [0.4, 0.5) is 0 Å². The van der Waals surface area contributed by atoms with Gasteiger partial charge in [0.2, 0.25) is 0 Å². The van der Waals surface area contributed by atoms with E-state index in [1.54, 1.807) is 29.3 Å². The van der Waals surface area contributed by atoms with Gasteiger partial charge in [-0.05, 0) is 30.3 Å². The maximum atomic E-state index is 13.4. The van der Waals surface area contributed by atoms with E-state index in [9.17, 15) is 9.59 Å². The Morgan fingerprint density at radius 1 is 1.06 bits per heavy atom. The van der Waals surface area contributed by atoms with E-state index in [0.29, 0.717) is 54.3 Å². The summed E-state index contributed by atoms with van der Waals surface area (Å²) >= 11 is 3.48. The number of hydrogen-bond acceptors (Lipinski definition) is 6. The zero-order chi connectivity index (χ0) is 24.9. The predicted molar refractivity (Wildman–Crippen MR) is 141 cm³/mol. The first-order chi connectivity index (χ1) is 17.6. The van der Waals surface area contributed by atoms with Crippen LogP contribution in [0, 0.1) is 0 Å². The maximum Gasteiger partial charge on any atom is 0.282 e. The molecular formula is C27H23BrN4O4. The largest absolute Gasteiger partial charge is 0.483 e. The number of ether oxygens (including phenoxy) is 2. The molecule has 1 fully saturated rings. The third-order valence-corrected chi connectivity index (χ3v) is 6.28. The number of halogens is 1. The summed E-state index contributed by atoms with van der Waals surface area (Å²) in [5, 5.41) is 4.99. The van der Waals surface area contributed by atoms with Crippen LogP contribution in [0.25, 0.3) is 22.3 Å². The van der Waals surface area contributed by atoms with Gasteiger partial charge in [0.15, 0.2) is 12.4 Å². The predicted octanol–water partition coefficient (Wildman–Crippen LogP) is 3.95. The minimum Gasteiger partial charge on any atom is -0.483 e. The molecular weight excluding hydrogens is 524 g/mol. The Morgan fingerprint density at radius 3 is 2.61 bits per heavy atom. The Hall–Kier alpha value is -3.82. The molecule has 0 spiro atoms. The molecule has 0 unspecified atom stereocenters. The first-order valence-corrected chi connectivity index (χ1v) is 12.3. The van der Waals surface area contributed by atoms with Gasteiger partial charge in [-0.15, -0.1) is 0 Å². The number of aromatic nitrogens is 2. The van der Waals surface area contributed by atoms with Crippen molar-refractivity contribution in [2.24, 2.45) is 5.10 Å². The van der Waals surface area contributed by atoms with Crippen LogP contribution in [-0.4, -0.2) is 59.6 Å². The zero-order valence-corrected chi connectivity index (χ0v) is 20.9. The first kappa shape index (κ1) is 23.9. The molecule has 9 heteroatoms. The SMILES string of the molecule is O=C(COc1ccc(Br)cc1C=Nn1c(-c2ccccc2)nc2ccccc2c1=O)N1CCOCC1. The summed E-state index contributed by atoms with van der Waals surface area (Å²) in [6.45, 7) is 2.06. The van der Waals surface area contributed by atoms with Crippen molar-refractivity contribution in [2.45, 2.75) is 0 Å². The number of benzene rings is 3. The van der Waals surface area contributed by atoms with E-state index in [0.717, 1.165) is 10.0 Å². The fourth-order valence-electron chi connectivity index (χ4n) is 3.92. The van der Waals surface area contributed by atoms with Crippen LogP contribution < -0.4 is 10.3 Å². The molecule has 0 saturated carbocycles. The summed E-state index contributed by atoms with van der Waals surface area (Å²) in [5.41, 5.74) is 1.69. The Bertz CT molecular complexity index is 1480. The molecule has 4 aromatic rings. The Labute approximate surface area is 215 Å². The van der Waals surface area contributed by atoms with Gasteiger partial charge in [-0.2, -0.15) is 9.78 Å². The highest BCUT2D eigenvalue weighted by Crippen LogP contribution is 2.23. The number of carbonyl (C=O) groups is 1. The van der Waals surface area contributed by atoms with Gasteiger partial charge in [0.1, 0.15) is 5.75 Å². The van der Waals surface area contributed by atoms with Gasteiger partial charge < -0.3 is 14.4 Å². The summed E-state index contributed by atoms with van der Waals surface area (Å²) in [6.07, 6.45) is 1.55. The van der Waals surface area contributed by atoms with E-state index in [2.05, 4.69) is 21.0 Å². The summed E-state index contributed by atoms with van der Waals surface area (Å²) in [6, 6.07) is 22.0. The van der Waals surface area contributed by atoms with Crippen molar-refractivity contribution in [2.75, 3.05) is 32.9 Å². The van der Waals surface area contributed by atoms with Gasteiger partial charge >= 0.3 is 0 Å². The Kier molecular flexibility index (Phi) is 7.20. The maximum absolute atomic E-state index is 13.4. The van der Waals surface area contributed by atoms with Crippen LogP contribution in [0.1, 0.15) is 5.56 Å². The number of rotatable bonds is 6. The molecule has 8 nitrogen and oxygen atoms in total. The lowest BCUT2D eigenvalue weighted by Crippen LogP contribution is -2.43. The third kappa shape index (κ3) is 5.22. The number of fused-ring (bicyclic) bond motifs is 1. The lowest BCUT2D eigenvalue weighted by molar-refractivity contribution is -0.137. The average molecular weight is 547 g/mol. The lowest BCUT2D eigenvalue weighted by atomic mass is 10.2. The van der Waals surface area contributed by atoms with Crippen LogP contribution in [0.5, 0.6) is 5.75 Å². The minimum atomic E-state index is -0.282. The number of hydrogen-bond donors (Lipinski definition) is 0. The highest BCUT2D eigenvalue weighted by atomic mass is 79.9. The zero-order valence-electron chi connectivity index (χ0n) is 19.3. The van der Waals surface area contributed by atoms with Crippen molar-refractivity contribution in [3.63, 3.8) is 0 Å². The fraction of sp³-hybridized carbons (Fsp3) is 0.185. The standard InChI is InChI=1S/C27H23BrN4O4/c28-21-10-11-24(36-18-25(33)31-12-14-35-15-13-31)20(16-21)17-29-32-26(19-6-2-1-3-7-19)30-23-9-5-4-8-22(23)27(32)34/h1-11,16-17H,12-15,18H2. The van der Waals surface area contributed by atoms with Crippen molar-refractivity contribution in [3.8, 4) is 17.1 Å². The summed E-state index contributed by atoms with van der Waals surface area (Å²) in [5.74, 6) is 0.799. The van der Waals surface area contributed by atoms with Crippen LogP contribution >= 0.6 is 15.9 Å². The topological polar surface area (TPSA) is 86.0 Å². The second-order valence-electron chi connectivity index (χ2n) is 8.14. The van der Waals surface area contributed by atoms with Crippen molar-refractivity contribution in [1.29, 1.82) is 0 Å². The van der Waals surface area contributed by atoms with Crippen LogP contribution in [0.2, 0.25) is 0 Å². The molecule has 1 aliphatic heterocycles. The molecule has 0 N–H and O–H groups in total. The summed E-state index contributed by atoms with van der Waals surface area (Å²) in [4.78, 5) is 32.4. The molecule has 36 heavy (non-hydrogen) atoms. The Balaban J connectivity index is 1.49. The van der Waals surface area contributed by atoms with Crippen molar-refractivity contribution in [3.05, 3.63) is 93.2 Å². The van der Waals surface area contributed by atoms with Crippen molar-refractivity contribution in [1.82, 2.24) is 14.6 Å². The van der Waals surface area contributed by atoms with Gasteiger partial charge in [0.05, 0.1) is 30.3 Å². The van der Waals surface area contributed by atoms with Gasteiger partial charge in [-0.25, -0.2) is 4.98 Å². The first-order valence-electron chi connectivity index (χ1n) is 11.5. The second kappa shape index (κ2) is 10.8.